The van der Waals surface area contributed by atoms with Gasteiger partial charge in [-0.05, 0) is 60.9 Å². The number of rotatable bonds is 11. The lowest BCUT2D eigenvalue weighted by atomic mass is 10.0. The van der Waals surface area contributed by atoms with Gasteiger partial charge in [-0.3, -0.25) is 9.59 Å². The van der Waals surface area contributed by atoms with E-state index in [2.05, 4.69) is 5.32 Å². The van der Waals surface area contributed by atoms with Crippen molar-refractivity contribution >= 4 is 35.0 Å². The molecule has 1 N–H and O–H groups in total. The Labute approximate surface area is 221 Å². The summed E-state index contributed by atoms with van der Waals surface area (Å²) in [5.74, 6) is -0.712. The lowest BCUT2D eigenvalue weighted by molar-refractivity contribution is -0.143. The van der Waals surface area contributed by atoms with Gasteiger partial charge >= 0.3 is 0 Å². The van der Waals surface area contributed by atoms with Crippen LogP contribution in [0, 0.1) is 5.82 Å². The predicted molar refractivity (Wildman–Crippen MR) is 141 cm³/mol. The van der Waals surface area contributed by atoms with Crippen LogP contribution in [0.4, 0.5) is 4.39 Å². The Balaban J connectivity index is 1.92. The smallest absolute Gasteiger partial charge is 0.261 e. The normalized spacial score (nSPS) is 12.5. The molecule has 0 aliphatic rings. The molecular weight excluding hydrogens is 502 g/mol. The topological polar surface area (TPSA) is 58.6 Å². The number of hydrogen-bond donors (Lipinski definition) is 1. The Morgan fingerprint density at radius 1 is 0.972 bits per heavy atom. The van der Waals surface area contributed by atoms with Crippen LogP contribution in [0.1, 0.15) is 31.4 Å². The van der Waals surface area contributed by atoms with Crippen molar-refractivity contribution in [2.45, 2.75) is 45.3 Å². The lowest BCUT2D eigenvalue weighted by Gasteiger charge is -2.32. The van der Waals surface area contributed by atoms with Crippen LogP contribution in [0.2, 0.25) is 10.0 Å². The van der Waals surface area contributed by atoms with Crippen LogP contribution in [-0.4, -0.2) is 35.4 Å². The first-order valence-electron chi connectivity index (χ1n) is 11.7. The maximum absolute atomic E-state index is 13.5. The molecule has 0 saturated carbocycles. The first-order valence-corrected chi connectivity index (χ1v) is 12.5. The van der Waals surface area contributed by atoms with Gasteiger partial charge in [-0.2, -0.15) is 0 Å². The van der Waals surface area contributed by atoms with Crippen molar-refractivity contribution in [3.63, 3.8) is 0 Å². The first-order chi connectivity index (χ1) is 17.3. The molecule has 0 aromatic heterocycles. The zero-order valence-corrected chi connectivity index (χ0v) is 21.7. The number of carbonyl (C=O) groups is 2. The number of nitrogens with zero attached hydrogens (tertiary/aromatic N) is 1. The van der Waals surface area contributed by atoms with Crippen molar-refractivity contribution in [2.24, 2.45) is 0 Å². The molecule has 190 valence electrons. The van der Waals surface area contributed by atoms with E-state index in [-0.39, 0.29) is 25.1 Å². The van der Waals surface area contributed by atoms with Crippen LogP contribution in [0.3, 0.4) is 0 Å². The fraction of sp³-hybridized carbons (Fsp3) is 0.286. The molecule has 0 saturated heterocycles. The van der Waals surface area contributed by atoms with Crippen molar-refractivity contribution in [1.29, 1.82) is 0 Å². The second-order valence-corrected chi connectivity index (χ2v) is 9.35. The Bertz CT molecular complexity index is 1160. The molecule has 0 fully saturated rings. The number of halogens is 3. The van der Waals surface area contributed by atoms with Crippen molar-refractivity contribution in [2.75, 3.05) is 6.61 Å². The number of benzene rings is 3. The second-order valence-electron chi connectivity index (χ2n) is 8.54. The van der Waals surface area contributed by atoms with Crippen LogP contribution < -0.4 is 10.1 Å². The van der Waals surface area contributed by atoms with Gasteiger partial charge in [0.05, 0.1) is 10.0 Å². The maximum atomic E-state index is 13.5. The van der Waals surface area contributed by atoms with Gasteiger partial charge in [-0.15, -0.1) is 0 Å². The summed E-state index contributed by atoms with van der Waals surface area (Å²) in [7, 11) is 0. The van der Waals surface area contributed by atoms with Crippen molar-refractivity contribution in [1.82, 2.24) is 10.2 Å². The monoisotopic (exact) mass is 530 g/mol. The molecule has 3 aromatic rings. The summed E-state index contributed by atoms with van der Waals surface area (Å²) < 4.78 is 18.9. The van der Waals surface area contributed by atoms with Crippen LogP contribution in [0.15, 0.2) is 72.8 Å². The summed E-state index contributed by atoms with van der Waals surface area (Å²) in [6, 6.07) is 19.1. The Morgan fingerprint density at radius 2 is 1.67 bits per heavy atom. The largest absolute Gasteiger partial charge is 0.484 e. The van der Waals surface area contributed by atoms with E-state index in [1.54, 1.807) is 18.2 Å². The van der Waals surface area contributed by atoms with E-state index in [0.717, 1.165) is 12.0 Å². The van der Waals surface area contributed by atoms with E-state index < -0.39 is 17.8 Å². The van der Waals surface area contributed by atoms with Gasteiger partial charge in [0.2, 0.25) is 5.91 Å². The molecule has 2 amide bonds. The van der Waals surface area contributed by atoms with E-state index in [1.807, 2.05) is 44.2 Å². The molecule has 0 radical (unpaired) electrons. The molecule has 0 bridgehead atoms. The number of amides is 2. The SMILES string of the molecule is CC[C@H](C)NC(=O)[C@@H](Cc1ccccc1)N(Cc1ccc(Cl)c(Cl)c1)C(=O)COc1ccc(F)cc1. The third kappa shape index (κ3) is 7.97. The number of ether oxygens (including phenoxy) is 1. The van der Waals surface area contributed by atoms with E-state index >= 15 is 0 Å². The van der Waals surface area contributed by atoms with Gasteiger partial charge in [0.1, 0.15) is 17.6 Å². The molecule has 0 aliphatic carbocycles. The minimum absolute atomic E-state index is 0.0619. The molecule has 0 aliphatic heterocycles. The van der Waals surface area contributed by atoms with Crippen molar-refractivity contribution < 1.29 is 18.7 Å². The van der Waals surface area contributed by atoms with Crippen LogP contribution >= 0.6 is 23.2 Å². The Kier molecular flexibility index (Phi) is 10.1. The summed E-state index contributed by atoms with van der Waals surface area (Å²) in [4.78, 5) is 28.5. The summed E-state index contributed by atoms with van der Waals surface area (Å²) in [5.41, 5.74) is 1.63. The highest BCUT2D eigenvalue weighted by atomic mass is 35.5. The van der Waals surface area contributed by atoms with Crippen molar-refractivity contribution in [3.8, 4) is 5.75 Å². The number of nitrogens with one attached hydrogen (secondary N) is 1. The highest BCUT2D eigenvalue weighted by Crippen LogP contribution is 2.24. The molecule has 0 spiro atoms. The zero-order valence-electron chi connectivity index (χ0n) is 20.2. The highest BCUT2D eigenvalue weighted by molar-refractivity contribution is 6.42. The fourth-order valence-electron chi connectivity index (χ4n) is 3.59. The lowest BCUT2D eigenvalue weighted by Crippen LogP contribution is -2.53. The molecule has 5 nitrogen and oxygen atoms in total. The maximum Gasteiger partial charge on any atom is 0.261 e. The number of hydrogen-bond acceptors (Lipinski definition) is 3. The zero-order chi connectivity index (χ0) is 26.1. The summed E-state index contributed by atoms with van der Waals surface area (Å²) in [6.07, 6.45) is 1.06. The molecule has 8 heteroatoms. The Hall–Kier alpha value is -3.09. The van der Waals surface area contributed by atoms with Gasteiger partial charge in [0, 0.05) is 19.0 Å². The Morgan fingerprint density at radius 3 is 2.31 bits per heavy atom. The van der Waals surface area contributed by atoms with Gasteiger partial charge in [-0.25, -0.2) is 4.39 Å². The van der Waals surface area contributed by atoms with E-state index in [9.17, 15) is 14.0 Å². The summed E-state index contributed by atoms with van der Waals surface area (Å²) in [5, 5.41) is 3.76. The summed E-state index contributed by atoms with van der Waals surface area (Å²) in [6.45, 7) is 3.69. The molecule has 3 aromatic carbocycles. The molecule has 36 heavy (non-hydrogen) atoms. The summed E-state index contributed by atoms with van der Waals surface area (Å²) >= 11 is 12.3. The average Bonchev–Trinajstić information content (AvgIpc) is 2.88. The van der Waals surface area contributed by atoms with Crippen LogP contribution in [0.25, 0.3) is 0 Å². The van der Waals surface area contributed by atoms with E-state index in [0.29, 0.717) is 27.8 Å². The van der Waals surface area contributed by atoms with E-state index in [4.69, 9.17) is 27.9 Å². The van der Waals surface area contributed by atoms with Crippen LogP contribution in [0.5, 0.6) is 5.75 Å². The van der Waals surface area contributed by atoms with Gasteiger partial charge in [-0.1, -0.05) is 66.5 Å². The van der Waals surface area contributed by atoms with Crippen LogP contribution in [-0.2, 0) is 22.6 Å². The average molecular weight is 531 g/mol. The minimum Gasteiger partial charge on any atom is -0.484 e. The quantitative estimate of drug-likeness (QED) is 0.327. The number of carbonyl (C=O) groups excluding carboxylic acids is 2. The predicted octanol–water partition coefficient (Wildman–Crippen LogP) is 6.07. The third-order valence-corrected chi connectivity index (χ3v) is 6.52. The molecule has 0 unspecified atom stereocenters. The minimum atomic E-state index is -0.805. The highest BCUT2D eigenvalue weighted by Gasteiger charge is 2.31. The fourth-order valence-corrected chi connectivity index (χ4v) is 3.91. The van der Waals surface area contributed by atoms with E-state index in [1.165, 1.54) is 29.2 Å². The van der Waals surface area contributed by atoms with Gasteiger partial charge in [0.25, 0.3) is 5.91 Å². The first kappa shape index (κ1) is 27.5. The van der Waals surface area contributed by atoms with Gasteiger partial charge in [0.15, 0.2) is 6.61 Å². The molecule has 3 rings (SSSR count). The molecule has 2 atom stereocenters. The van der Waals surface area contributed by atoms with Gasteiger partial charge < -0.3 is 15.0 Å². The third-order valence-electron chi connectivity index (χ3n) is 5.79. The molecular formula is C28H29Cl2FN2O3. The van der Waals surface area contributed by atoms with Crippen molar-refractivity contribution in [3.05, 3.63) is 99.8 Å². The second kappa shape index (κ2) is 13.3. The molecule has 0 heterocycles. The standard InChI is InChI=1S/C28H29Cl2FN2O3/c1-3-19(2)32-28(35)26(16-20-7-5-4-6-8-20)33(17-21-9-14-24(29)25(30)15-21)27(34)18-36-23-12-10-22(31)11-13-23/h4-15,19,26H,3,16-18H2,1-2H3,(H,32,35)/t19-,26+/m0/s1.